The molecule has 0 spiro atoms. The molecular weight excluding hydrogens is 709 g/mol. The van der Waals surface area contributed by atoms with Crippen LogP contribution in [0.15, 0.2) is 48.7 Å². The van der Waals surface area contributed by atoms with Crippen molar-refractivity contribution in [2.75, 3.05) is 18.1 Å². The minimum absolute atomic E-state index is 0.0589. The molecule has 1 aliphatic rings. The van der Waals surface area contributed by atoms with Gasteiger partial charge in [0.05, 0.1) is 41.1 Å². The Kier molecular flexibility index (Phi) is 8.61. The Hall–Kier alpha value is -5.13. The zero-order valence-electron chi connectivity index (χ0n) is 31.1. The van der Waals surface area contributed by atoms with Crippen LogP contribution in [0.4, 0.5) is 5.69 Å². The molecule has 0 bridgehead atoms. The van der Waals surface area contributed by atoms with Crippen molar-refractivity contribution < 1.29 is 9.53 Å². The van der Waals surface area contributed by atoms with Crippen LogP contribution in [0.25, 0.3) is 44.3 Å². The summed E-state index contributed by atoms with van der Waals surface area (Å²) in [5.41, 5.74) is 11.0. The summed E-state index contributed by atoms with van der Waals surface area (Å²) in [6, 6.07) is 13.9. The van der Waals surface area contributed by atoms with E-state index in [1.165, 1.54) is 4.80 Å². The van der Waals surface area contributed by atoms with Gasteiger partial charge in [0.15, 0.2) is 0 Å². The van der Waals surface area contributed by atoms with E-state index in [9.17, 15) is 0 Å². The van der Waals surface area contributed by atoms with E-state index >= 15 is 4.79 Å². The average Bonchev–Trinajstić information content (AvgIpc) is 3.86. The van der Waals surface area contributed by atoms with Gasteiger partial charge >= 0.3 is 0 Å². The summed E-state index contributed by atoms with van der Waals surface area (Å²) in [4.78, 5) is 18.5. The molecule has 1 aliphatic heterocycles. The number of ether oxygens (including phenoxy) is 1. The Morgan fingerprint density at radius 2 is 1.68 bits per heavy atom. The lowest BCUT2D eigenvalue weighted by Crippen LogP contribution is -2.42. The third kappa shape index (κ3) is 5.59. The number of hydrogen-bond acceptors (Lipinski definition) is 6. The molecule has 7 aromatic rings. The van der Waals surface area contributed by atoms with Crippen molar-refractivity contribution in [3.05, 3.63) is 92.5 Å². The molecule has 53 heavy (non-hydrogen) atoms. The lowest BCUT2D eigenvalue weighted by molar-refractivity contribution is 0.0957. The van der Waals surface area contributed by atoms with Gasteiger partial charge in [-0.1, -0.05) is 41.4 Å². The van der Waals surface area contributed by atoms with E-state index in [-0.39, 0.29) is 11.9 Å². The second-order valence-electron chi connectivity index (χ2n) is 14.2. The maximum Gasteiger partial charge on any atom is 0.275 e. The summed E-state index contributed by atoms with van der Waals surface area (Å²) < 4.78 is 12.4. The van der Waals surface area contributed by atoms with E-state index in [0.29, 0.717) is 42.5 Å². The van der Waals surface area contributed by atoms with E-state index in [0.717, 1.165) is 83.0 Å². The lowest BCUT2D eigenvalue weighted by atomic mass is 9.98. The Balaban J connectivity index is 1.26. The van der Waals surface area contributed by atoms with Gasteiger partial charge in [0.25, 0.3) is 5.91 Å². The molecule has 3 aromatic carbocycles. The van der Waals surface area contributed by atoms with Crippen LogP contribution in [-0.2, 0) is 27.6 Å². The van der Waals surface area contributed by atoms with Gasteiger partial charge in [-0.25, -0.2) is 0 Å². The summed E-state index contributed by atoms with van der Waals surface area (Å²) in [5.74, 6) is 1.26. The van der Waals surface area contributed by atoms with E-state index in [1.54, 1.807) is 7.05 Å². The minimum Gasteiger partial charge on any atom is -0.494 e. The van der Waals surface area contributed by atoms with Crippen molar-refractivity contribution >= 4 is 56.6 Å². The number of carbonyl (C=O) groups is 1. The van der Waals surface area contributed by atoms with E-state index in [1.807, 2.05) is 85.5 Å². The lowest BCUT2D eigenvalue weighted by Gasteiger charge is -2.34. The van der Waals surface area contributed by atoms with Gasteiger partial charge in [-0.2, -0.15) is 9.90 Å². The topological polar surface area (TPSA) is 101 Å². The van der Waals surface area contributed by atoms with Crippen LogP contribution in [0.5, 0.6) is 5.75 Å². The highest BCUT2D eigenvalue weighted by atomic mass is 35.5. The van der Waals surface area contributed by atoms with Crippen LogP contribution in [0.1, 0.15) is 58.0 Å². The summed E-state index contributed by atoms with van der Waals surface area (Å²) in [6.07, 6.45) is 3.35. The molecule has 4 aromatic heterocycles. The van der Waals surface area contributed by atoms with E-state index in [2.05, 4.69) is 46.0 Å². The molecule has 0 saturated carbocycles. The monoisotopic (exact) mass is 749 g/mol. The first-order chi connectivity index (χ1) is 25.3. The normalized spacial score (nSPS) is 14.6. The molecule has 1 amide bonds. The molecule has 272 valence electrons. The Labute approximate surface area is 317 Å². The van der Waals surface area contributed by atoms with Crippen molar-refractivity contribution in [3.8, 4) is 28.3 Å². The molecule has 13 heteroatoms. The number of halogens is 2. The molecule has 0 aliphatic carbocycles. The molecule has 1 unspecified atom stereocenters. The van der Waals surface area contributed by atoms with Crippen LogP contribution in [0.3, 0.4) is 0 Å². The smallest absolute Gasteiger partial charge is 0.275 e. The number of rotatable bonds is 8. The Bertz CT molecular complexity index is 2590. The van der Waals surface area contributed by atoms with Gasteiger partial charge < -0.3 is 18.8 Å². The Morgan fingerprint density at radius 3 is 2.36 bits per heavy atom. The van der Waals surface area contributed by atoms with Crippen molar-refractivity contribution in [2.45, 2.75) is 53.5 Å². The second-order valence-corrected chi connectivity index (χ2v) is 15.0. The molecule has 8 rings (SSSR count). The number of fused-ring (bicyclic) bond motifs is 4. The molecule has 11 nitrogen and oxygen atoms in total. The highest BCUT2D eigenvalue weighted by molar-refractivity contribution is 6.35. The average molecular weight is 751 g/mol. The highest BCUT2D eigenvalue weighted by Gasteiger charge is 2.38. The molecule has 0 saturated heterocycles. The van der Waals surface area contributed by atoms with E-state index in [4.69, 9.17) is 33.0 Å². The molecule has 5 heterocycles. The van der Waals surface area contributed by atoms with Crippen molar-refractivity contribution in [1.29, 1.82) is 0 Å². The number of hydrogen-bond donors (Lipinski definition) is 0. The summed E-state index contributed by atoms with van der Waals surface area (Å²) in [7, 11) is 5.68. The fourth-order valence-electron chi connectivity index (χ4n) is 8.17. The fourth-order valence-corrected chi connectivity index (χ4v) is 8.53. The molecule has 0 N–H and O–H groups in total. The van der Waals surface area contributed by atoms with E-state index < -0.39 is 0 Å². The van der Waals surface area contributed by atoms with Gasteiger partial charge in [0, 0.05) is 71.1 Å². The predicted molar refractivity (Wildman–Crippen MR) is 210 cm³/mol. The molecular formula is C40H41Cl2N9O2. The third-order valence-electron chi connectivity index (χ3n) is 10.6. The first kappa shape index (κ1) is 34.9. The third-order valence-corrected chi connectivity index (χ3v) is 11.5. The van der Waals surface area contributed by atoms with Gasteiger partial charge in [0.2, 0.25) is 5.82 Å². The highest BCUT2D eigenvalue weighted by Crippen LogP contribution is 2.46. The van der Waals surface area contributed by atoms with Crippen molar-refractivity contribution in [2.24, 2.45) is 21.1 Å². The van der Waals surface area contributed by atoms with Crippen LogP contribution in [-0.4, -0.2) is 58.2 Å². The second kappa shape index (κ2) is 13.1. The first-order valence-corrected chi connectivity index (χ1v) is 18.5. The fraction of sp³-hybridized carbons (Fsp3) is 0.325. The zero-order chi connectivity index (χ0) is 37.5. The Morgan fingerprint density at radius 1 is 0.925 bits per heavy atom. The summed E-state index contributed by atoms with van der Waals surface area (Å²) in [5, 5.41) is 20.9. The SMILES string of the molecule is Cc1cc(OCCCc2c3n(c4c(-c5c(C)nn(C)c5C)c(Cl)ccc24)C(C)CN(c2cn(C)c4c(-c5nnn(C)n5)cccc24)C3=O)cc(C)c1Cl. The number of nitrogens with zero attached hydrogens (tertiary/aromatic N) is 9. The number of para-hydroxylation sites is 1. The maximum absolute atomic E-state index is 15.2. The predicted octanol–water partition coefficient (Wildman–Crippen LogP) is 8.50. The number of benzene rings is 3. The van der Waals surface area contributed by atoms with Crippen LogP contribution >= 0.6 is 23.2 Å². The van der Waals surface area contributed by atoms with Gasteiger partial charge in [-0.05, 0) is 93.6 Å². The number of anilines is 1. The van der Waals surface area contributed by atoms with Gasteiger partial charge in [-0.15, -0.1) is 10.2 Å². The first-order valence-electron chi connectivity index (χ1n) is 17.7. The number of carbonyl (C=O) groups excluding carboxylic acids is 1. The van der Waals surface area contributed by atoms with Crippen molar-refractivity contribution in [3.63, 3.8) is 0 Å². The largest absolute Gasteiger partial charge is 0.494 e. The minimum atomic E-state index is -0.0789. The van der Waals surface area contributed by atoms with Crippen LogP contribution in [0.2, 0.25) is 10.0 Å². The van der Waals surface area contributed by atoms with Crippen LogP contribution in [0, 0.1) is 27.7 Å². The zero-order valence-corrected chi connectivity index (χ0v) is 32.6. The number of aryl methyl sites for hydroxylation is 7. The van der Waals surface area contributed by atoms with Crippen LogP contribution < -0.4 is 9.64 Å². The number of tetrazole rings is 1. The van der Waals surface area contributed by atoms with Crippen molar-refractivity contribution in [1.82, 2.24) is 39.1 Å². The molecule has 0 fully saturated rings. The standard InChI is InChI=1S/C40H41Cl2N9O2/c1-21-17-26(18-22(2)35(21)42)53-16-10-13-27-28-14-15-31(41)34(33-24(4)44-48(7)25(33)5)37(28)51-23(3)19-50(40(52)38(27)51)32-20-47(6)36-29(32)11-9-12-30(36)39-43-46-49(8)45-39/h9,11-12,14-15,17-18,20,23H,10,13,16,19H2,1-8H3. The summed E-state index contributed by atoms with van der Waals surface area (Å²) in [6.45, 7) is 11.2. The molecule has 1 atom stereocenters. The number of amides is 1. The number of aromatic nitrogens is 8. The summed E-state index contributed by atoms with van der Waals surface area (Å²) >= 11 is 13.5. The molecule has 0 radical (unpaired) electrons. The van der Waals surface area contributed by atoms with Gasteiger partial charge in [-0.3, -0.25) is 9.48 Å². The maximum atomic E-state index is 15.2. The quantitative estimate of drug-likeness (QED) is 0.145. The van der Waals surface area contributed by atoms with Gasteiger partial charge in [0.1, 0.15) is 11.4 Å².